The van der Waals surface area contributed by atoms with Crippen LogP contribution >= 0.6 is 12.2 Å². The summed E-state index contributed by atoms with van der Waals surface area (Å²) in [7, 11) is 0. The molecule has 9 heteroatoms. The first-order valence-corrected chi connectivity index (χ1v) is 9.96. The number of alkyl halides is 3. The molecule has 2 N–H and O–H groups in total. The summed E-state index contributed by atoms with van der Waals surface area (Å²) >= 11 is 5.22. The van der Waals surface area contributed by atoms with Crippen molar-refractivity contribution in [3.8, 4) is 0 Å². The number of nitrogens with one attached hydrogen (secondary N) is 2. The number of benzene rings is 1. The lowest BCUT2D eigenvalue weighted by Gasteiger charge is -2.34. The van der Waals surface area contributed by atoms with Crippen molar-refractivity contribution < 1.29 is 13.2 Å². The van der Waals surface area contributed by atoms with Gasteiger partial charge in [-0.05, 0) is 50.9 Å². The highest BCUT2D eigenvalue weighted by Gasteiger charge is 2.35. The van der Waals surface area contributed by atoms with Gasteiger partial charge in [0.05, 0.1) is 0 Å². The number of hydrogen-bond acceptors (Lipinski definition) is 4. The van der Waals surface area contributed by atoms with Crippen molar-refractivity contribution in [1.82, 2.24) is 15.3 Å². The van der Waals surface area contributed by atoms with E-state index in [-0.39, 0.29) is 22.9 Å². The lowest BCUT2D eigenvalue weighted by Crippen LogP contribution is -2.38. The van der Waals surface area contributed by atoms with E-state index in [9.17, 15) is 13.2 Å². The predicted molar refractivity (Wildman–Crippen MR) is 112 cm³/mol. The van der Waals surface area contributed by atoms with Gasteiger partial charge in [-0.1, -0.05) is 29.8 Å². The molecule has 2 heterocycles. The van der Waals surface area contributed by atoms with Gasteiger partial charge in [0.2, 0.25) is 5.95 Å². The van der Waals surface area contributed by atoms with Crippen LogP contribution < -0.4 is 15.5 Å². The molecule has 0 radical (unpaired) electrons. The standard InChI is InChI=1S/C20H24F3N5S/c1-13-6-8-15(9-7-13)12-24-19(29)27-18-25-16(20(21,22)23)11-17(26-18)28-10-4-3-5-14(28)2/h6-9,11,14H,3-5,10,12H2,1-2H3,(H2,24,25,26,27,29)/t14-/m1/s1. The number of nitrogens with zero attached hydrogens (tertiary/aromatic N) is 3. The van der Waals surface area contributed by atoms with Gasteiger partial charge >= 0.3 is 6.18 Å². The minimum absolute atomic E-state index is 0.124. The average Bonchev–Trinajstić information content (AvgIpc) is 2.67. The van der Waals surface area contributed by atoms with Gasteiger partial charge in [-0.25, -0.2) is 4.98 Å². The van der Waals surface area contributed by atoms with Gasteiger partial charge in [-0.15, -0.1) is 0 Å². The van der Waals surface area contributed by atoms with Crippen LogP contribution in [-0.4, -0.2) is 27.7 Å². The summed E-state index contributed by atoms with van der Waals surface area (Å²) < 4.78 is 40.1. The van der Waals surface area contributed by atoms with Gasteiger partial charge in [-0.2, -0.15) is 18.2 Å². The van der Waals surface area contributed by atoms with Crippen molar-refractivity contribution in [1.29, 1.82) is 0 Å². The molecule has 0 saturated carbocycles. The summed E-state index contributed by atoms with van der Waals surface area (Å²) in [4.78, 5) is 9.83. The highest BCUT2D eigenvalue weighted by atomic mass is 32.1. The number of hydrogen-bond donors (Lipinski definition) is 2. The first-order chi connectivity index (χ1) is 13.7. The van der Waals surface area contributed by atoms with Crippen LogP contribution in [0.1, 0.15) is 43.0 Å². The van der Waals surface area contributed by atoms with E-state index in [1.54, 1.807) is 0 Å². The Labute approximate surface area is 173 Å². The Balaban J connectivity index is 1.75. The van der Waals surface area contributed by atoms with Crippen molar-refractivity contribution in [3.63, 3.8) is 0 Å². The van der Waals surface area contributed by atoms with Crippen LogP contribution in [0.5, 0.6) is 0 Å². The predicted octanol–water partition coefficient (Wildman–Crippen LogP) is 4.67. The second-order valence-electron chi connectivity index (χ2n) is 7.26. The number of rotatable bonds is 4. The van der Waals surface area contributed by atoms with E-state index in [1.807, 2.05) is 43.0 Å². The largest absolute Gasteiger partial charge is 0.433 e. The van der Waals surface area contributed by atoms with Crippen LogP contribution in [0.15, 0.2) is 30.3 Å². The van der Waals surface area contributed by atoms with Crippen LogP contribution in [0.4, 0.5) is 24.9 Å². The molecule has 3 rings (SSSR count). The molecule has 1 aromatic heterocycles. The molecular weight excluding hydrogens is 399 g/mol. The number of halogens is 3. The summed E-state index contributed by atoms with van der Waals surface area (Å²) in [6.07, 6.45) is -1.66. The molecule has 0 amide bonds. The minimum Gasteiger partial charge on any atom is -0.358 e. The lowest BCUT2D eigenvalue weighted by molar-refractivity contribution is -0.141. The summed E-state index contributed by atoms with van der Waals surface area (Å²) in [6, 6.07) is 9.02. The van der Waals surface area contributed by atoms with Crippen molar-refractivity contribution in [3.05, 3.63) is 47.2 Å². The topological polar surface area (TPSA) is 53.1 Å². The maximum atomic E-state index is 13.4. The zero-order chi connectivity index (χ0) is 21.0. The van der Waals surface area contributed by atoms with Crippen molar-refractivity contribution >= 4 is 29.1 Å². The van der Waals surface area contributed by atoms with E-state index in [4.69, 9.17) is 12.2 Å². The van der Waals surface area contributed by atoms with Gasteiger partial charge in [0, 0.05) is 25.2 Å². The smallest absolute Gasteiger partial charge is 0.358 e. The number of piperidine rings is 1. The van der Waals surface area contributed by atoms with Crippen LogP contribution in [0.3, 0.4) is 0 Å². The molecule has 29 heavy (non-hydrogen) atoms. The first-order valence-electron chi connectivity index (χ1n) is 9.55. The number of anilines is 2. The van der Waals surface area contributed by atoms with E-state index in [0.717, 1.165) is 36.5 Å². The highest BCUT2D eigenvalue weighted by Crippen LogP contribution is 2.32. The molecule has 0 aliphatic carbocycles. The van der Waals surface area contributed by atoms with Gasteiger partial charge in [-0.3, -0.25) is 0 Å². The van der Waals surface area contributed by atoms with E-state index < -0.39 is 11.9 Å². The second kappa shape index (κ2) is 8.94. The maximum Gasteiger partial charge on any atom is 0.433 e. The molecule has 156 valence electrons. The zero-order valence-electron chi connectivity index (χ0n) is 16.4. The summed E-state index contributed by atoms with van der Waals surface area (Å²) in [5, 5.41) is 5.85. The Bertz CT molecular complexity index is 854. The number of thiocarbonyl (C=S) groups is 1. The summed E-state index contributed by atoms with van der Waals surface area (Å²) in [5.74, 6) is 0.109. The fourth-order valence-electron chi connectivity index (χ4n) is 3.26. The molecule has 2 aromatic rings. The molecule has 1 aromatic carbocycles. The number of aryl methyl sites for hydroxylation is 1. The molecule has 0 bridgehead atoms. The van der Waals surface area contributed by atoms with E-state index in [1.165, 1.54) is 0 Å². The quantitative estimate of drug-likeness (QED) is 0.697. The fourth-order valence-corrected chi connectivity index (χ4v) is 3.42. The lowest BCUT2D eigenvalue weighted by atomic mass is 10.0. The molecule has 0 unspecified atom stereocenters. The Hall–Kier alpha value is -2.42. The monoisotopic (exact) mass is 423 g/mol. The normalized spacial score (nSPS) is 17.1. The SMILES string of the molecule is Cc1ccc(CNC(=S)Nc2nc(N3CCCC[C@H]3C)cc(C(F)(F)F)n2)cc1. The average molecular weight is 424 g/mol. The maximum absolute atomic E-state index is 13.4. The molecule has 1 atom stereocenters. The Kier molecular flexibility index (Phi) is 6.56. The Morgan fingerprint density at radius 1 is 1.21 bits per heavy atom. The van der Waals surface area contributed by atoms with Crippen molar-refractivity contribution in [2.24, 2.45) is 0 Å². The molecular formula is C20H24F3N5S. The minimum atomic E-state index is -4.57. The third-order valence-corrected chi connectivity index (χ3v) is 5.15. The van der Waals surface area contributed by atoms with Crippen molar-refractivity contribution in [2.75, 3.05) is 16.8 Å². The zero-order valence-corrected chi connectivity index (χ0v) is 17.2. The van der Waals surface area contributed by atoms with Crippen LogP contribution in [0.25, 0.3) is 0 Å². The van der Waals surface area contributed by atoms with Crippen LogP contribution in [0.2, 0.25) is 0 Å². The van der Waals surface area contributed by atoms with E-state index in [0.29, 0.717) is 13.1 Å². The molecule has 1 aliphatic heterocycles. The highest BCUT2D eigenvalue weighted by molar-refractivity contribution is 7.80. The third-order valence-electron chi connectivity index (χ3n) is 4.90. The first kappa shape index (κ1) is 21.3. The summed E-state index contributed by atoms with van der Waals surface area (Å²) in [6.45, 7) is 5.11. The van der Waals surface area contributed by atoms with E-state index >= 15 is 0 Å². The molecule has 0 spiro atoms. The van der Waals surface area contributed by atoms with Crippen LogP contribution in [0, 0.1) is 6.92 Å². The van der Waals surface area contributed by atoms with Crippen LogP contribution in [-0.2, 0) is 12.7 Å². The van der Waals surface area contributed by atoms with Gasteiger partial charge in [0.25, 0.3) is 0 Å². The molecule has 5 nitrogen and oxygen atoms in total. The second-order valence-corrected chi connectivity index (χ2v) is 7.67. The fraction of sp³-hybridized carbons (Fsp3) is 0.450. The third kappa shape index (κ3) is 5.79. The summed E-state index contributed by atoms with van der Waals surface area (Å²) in [5.41, 5.74) is 1.17. The molecule has 1 fully saturated rings. The van der Waals surface area contributed by atoms with E-state index in [2.05, 4.69) is 20.6 Å². The van der Waals surface area contributed by atoms with Gasteiger partial charge in [0.1, 0.15) is 5.82 Å². The van der Waals surface area contributed by atoms with Gasteiger partial charge < -0.3 is 15.5 Å². The Morgan fingerprint density at radius 2 is 1.93 bits per heavy atom. The number of aromatic nitrogens is 2. The van der Waals surface area contributed by atoms with Gasteiger partial charge in [0.15, 0.2) is 10.8 Å². The Morgan fingerprint density at radius 3 is 2.59 bits per heavy atom. The molecule has 1 saturated heterocycles. The molecule has 1 aliphatic rings. The van der Waals surface area contributed by atoms with Crippen molar-refractivity contribution in [2.45, 2.75) is 51.9 Å².